The summed E-state index contributed by atoms with van der Waals surface area (Å²) < 4.78 is 58.6. The Morgan fingerprint density at radius 1 is 1.19 bits per heavy atom. The number of benzene rings is 1. The number of halogens is 4. The predicted molar refractivity (Wildman–Crippen MR) is 86.0 cm³/mol. The number of carbonyl (C=O) groups excluding carboxylic acids is 1. The first-order valence-corrected chi connectivity index (χ1v) is 7.97. The maximum atomic E-state index is 14.0. The minimum Gasteiger partial charge on any atom is -0.462 e. The molecule has 0 amide bonds. The van der Waals surface area contributed by atoms with Crippen LogP contribution in [-0.4, -0.2) is 36.6 Å². The van der Waals surface area contributed by atoms with Gasteiger partial charge < -0.3 is 19.9 Å². The molecule has 0 aliphatic carbocycles. The van der Waals surface area contributed by atoms with Gasteiger partial charge in [0.15, 0.2) is 11.6 Å². The van der Waals surface area contributed by atoms with E-state index in [1.807, 2.05) is 20.8 Å². The highest BCUT2D eigenvalue weighted by Gasteiger charge is 2.37. The number of ether oxygens (including phenoxy) is 2. The zero-order valence-corrected chi connectivity index (χ0v) is 14.8. The van der Waals surface area contributed by atoms with Crippen LogP contribution in [-0.2, 0) is 15.1 Å². The fourth-order valence-electron chi connectivity index (χ4n) is 2.33. The zero-order chi connectivity index (χ0) is 20.0. The van der Waals surface area contributed by atoms with Gasteiger partial charge in [0, 0.05) is 5.56 Å². The predicted octanol–water partition coefficient (Wildman–Crippen LogP) is 3.25. The lowest BCUT2D eigenvalue weighted by Crippen LogP contribution is -2.40. The van der Waals surface area contributed by atoms with Crippen LogP contribution in [0.1, 0.15) is 39.2 Å². The van der Waals surface area contributed by atoms with Crippen molar-refractivity contribution >= 4 is 6.47 Å². The van der Waals surface area contributed by atoms with E-state index in [0.717, 1.165) is 6.07 Å². The summed E-state index contributed by atoms with van der Waals surface area (Å²) in [5.74, 6) is -2.08. The number of hydrogen-bond donors (Lipinski definition) is 2. The van der Waals surface area contributed by atoms with Gasteiger partial charge in [-0.05, 0) is 52.8 Å². The van der Waals surface area contributed by atoms with Crippen molar-refractivity contribution in [2.45, 2.75) is 51.2 Å². The quantitative estimate of drug-likeness (QED) is 0.622. The summed E-state index contributed by atoms with van der Waals surface area (Å²) in [5, 5.41) is 13.3. The zero-order valence-electron chi connectivity index (χ0n) is 14.8. The second kappa shape index (κ2) is 8.68. The SMILES string of the molecule is CC(C)(C)OC=O.OC1(c2cccc(OC(F)(F)F)c2F)CCNCC1. The number of nitrogens with one attached hydrogen (secondary N) is 1. The molecule has 2 rings (SSSR count). The summed E-state index contributed by atoms with van der Waals surface area (Å²) in [4.78, 5) is 9.60. The number of aliphatic hydroxyl groups is 1. The van der Waals surface area contributed by atoms with Gasteiger partial charge in [0.25, 0.3) is 6.47 Å². The highest BCUT2D eigenvalue weighted by atomic mass is 19.4. The average molecular weight is 381 g/mol. The first-order valence-electron chi connectivity index (χ1n) is 7.97. The summed E-state index contributed by atoms with van der Waals surface area (Å²) in [7, 11) is 0. The van der Waals surface area contributed by atoms with Crippen LogP contribution >= 0.6 is 0 Å². The third-order valence-electron chi connectivity index (χ3n) is 3.52. The lowest BCUT2D eigenvalue weighted by molar-refractivity contribution is -0.275. The maximum absolute atomic E-state index is 14.0. The van der Waals surface area contributed by atoms with Gasteiger partial charge in [0.2, 0.25) is 0 Å². The molecule has 9 heteroatoms. The van der Waals surface area contributed by atoms with Gasteiger partial charge in [-0.1, -0.05) is 12.1 Å². The van der Waals surface area contributed by atoms with E-state index in [4.69, 9.17) is 0 Å². The highest BCUT2D eigenvalue weighted by Crippen LogP contribution is 2.36. The molecule has 2 N–H and O–H groups in total. The lowest BCUT2D eigenvalue weighted by atomic mass is 9.84. The topological polar surface area (TPSA) is 67.8 Å². The van der Waals surface area contributed by atoms with E-state index in [9.17, 15) is 27.5 Å². The van der Waals surface area contributed by atoms with Crippen LogP contribution in [0, 0.1) is 5.82 Å². The Morgan fingerprint density at radius 3 is 2.19 bits per heavy atom. The third-order valence-corrected chi connectivity index (χ3v) is 3.52. The molecule has 0 spiro atoms. The van der Waals surface area contributed by atoms with Crippen LogP contribution in [0.4, 0.5) is 17.6 Å². The van der Waals surface area contributed by atoms with E-state index < -0.39 is 23.5 Å². The van der Waals surface area contributed by atoms with Gasteiger partial charge in [-0.2, -0.15) is 0 Å². The lowest BCUT2D eigenvalue weighted by Gasteiger charge is -2.33. The van der Waals surface area contributed by atoms with Crippen molar-refractivity contribution in [1.82, 2.24) is 5.32 Å². The standard InChI is InChI=1S/C12H13F4NO2.C5H10O2/c13-10-8(11(18)4-6-17-7-5-11)2-1-3-9(10)19-12(14,15)16;1-5(2,3)7-4-6/h1-3,17-18H,4-7H2;4H,1-3H3. The fourth-order valence-corrected chi connectivity index (χ4v) is 2.33. The van der Waals surface area contributed by atoms with Crippen LogP contribution in [0.15, 0.2) is 18.2 Å². The van der Waals surface area contributed by atoms with E-state index in [1.165, 1.54) is 12.1 Å². The van der Waals surface area contributed by atoms with E-state index in [0.29, 0.717) is 19.6 Å². The molecule has 0 unspecified atom stereocenters. The molecule has 1 aliphatic rings. The molecular formula is C17H23F4NO4. The summed E-state index contributed by atoms with van der Waals surface area (Å²) in [5.41, 5.74) is -1.93. The number of rotatable bonds is 3. The molecule has 1 saturated heterocycles. The van der Waals surface area contributed by atoms with Crippen LogP contribution in [0.25, 0.3) is 0 Å². The molecule has 0 bridgehead atoms. The van der Waals surface area contributed by atoms with Crippen molar-refractivity contribution in [2.75, 3.05) is 13.1 Å². The molecule has 1 aromatic rings. The first-order chi connectivity index (χ1) is 11.9. The minimum absolute atomic E-state index is 0.157. The van der Waals surface area contributed by atoms with Crippen molar-refractivity contribution < 1.29 is 36.9 Å². The smallest absolute Gasteiger partial charge is 0.462 e. The Morgan fingerprint density at radius 2 is 1.77 bits per heavy atom. The summed E-state index contributed by atoms with van der Waals surface area (Å²) >= 11 is 0. The molecule has 0 saturated carbocycles. The minimum atomic E-state index is -4.96. The molecule has 148 valence electrons. The highest BCUT2D eigenvalue weighted by molar-refractivity contribution is 5.38. The van der Waals surface area contributed by atoms with Crippen LogP contribution in [0.5, 0.6) is 5.75 Å². The van der Waals surface area contributed by atoms with E-state index >= 15 is 0 Å². The maximum Gasteiger partial charge on any atom is 0.573 e. The molecule has 1 aromatic carbocycles. The fraction of sp³-hybridized carbons (Fsp3) is 0.588. The Bertz CT molecular complexity index is 593. The van der Waals surface area contributed by atoms with Gasteiger partial charge in [-0.3, -0.25) is 4.79 Å². The number of hydrogen-bond acceptors (Lipinski definition) is 5. The Labute approximate surface area is 149 Å². The largest absolute Gasteiger partial charge is 0.573 e. The van der Waals surface area contributed by atoms with Gasteiger partial charge >= 0.3 is 6.36 Å². The number of carbonyl (C=O) groups is 1. The van der Waals surface area contributed by atoms with Crippen molar-refractivity contribution in [3.63, 3.8) is 0 Å². The van der Waals surface area contributed by atoms with Gasteiger partial charge in [0.1, 0.15) is 5.60 Å². The summed E-state index contributed by atoms with van der Waals surface area (Å²) in [6, 6.07) is 3.40. The van der Waals surface area contributed by atoms with Gasteiger partial charge in [0.05, 0.1) is 5.60 Å². The van der Waals surface area contributed by atoms with Crippen molar-refractivity contribution in [3.05, 3.63) is 29.6 Å². The molecule has 1 aliphatic heterocycles. The average Bonchev–Trinajstić information content (AvgIpc) is 2.48. The van der Waals surface area contributed by atoms with E-state index in [-0.39, 0.29) is 24.0 Å². The molecule has 5 nitrogen and oxygen atoms in total. The third kappa shape index (κ3) is 7.17. The number of alkyl halides is 3. The number of piperidine rings is 1. The van der Waals surface area contributed by atoms with Crippen LogP contribution < -0.4 is 10.1 Å². The van der Waals surface area contributed by atoms with Crippen molar-refractivity contribution in [1.29, 1.82) is 0 Å². The molecule has 26 heavy (non-hydrogen) atoms. The molecule has 0 radical (unpaired) electrons. The second-order valence-corrected chi connectivity index (χ2v) is 6.77. The monoisotopic (exact) mass is 381 g/mol. The second-order valence-electron chi connectivity index (χ2n) is 6.77. The Hall–Kier alpha value is -1.87. The van der Waals surface area contributed by atoms with Crippen LogP contribution in [0.3, 0.4) is 0 Å². The molecule has 0 atom stereocenters. The normalized spacial score (nSPS) is 16.9. The van der Waals surface area contributed by atoms with Crippen molar-refractivity contribution in [2.24, 2.45) is 0 Å². The molecule has 0 aromatic heterocycles. The van der Waals surface area contributed by atoms with Gasteiger partial charge in [-0.25, -0.2) is 4.39 Å². The van der Waals surface area contributed by atoms with Crippen molar-refractivity contribution in [3.8, 4) is 5.75 Å². The Kier molecular flexibility index (Phi) is 7.40. The van der Waals surface area contributed by atoms with Gasteiger partial charge in [-0.15, -0.1) is 13.2 Å². The molecular weight excluding hydrogens is 358 g/mol. The molecule has 1 fully saturated rings. The first kappa shape index (κ1) is 22.2. The summed E-state index contributed by atoms with van der Waals surface area (Å²) in [6.07, 6.45) is -4.49. The van der Waals surface area contributed by atoms with E-state index in [2.05, 4.69) is 14.8 Å². The van der Waals surface area contributed by atoms with E-state index in [1.54, 1.807) is 0 Å². The van der Waals surface area contributed by atoms with Crippen LogP contribution in [0.2, 0.25) is 0 Å². The summed E-state index contributed by atoms with van der Waals surface area (Å²) in [6.45, 7) is 6.87. The molecule has 1 heterocycles. The Balaban J connectivity index is 0.000000412.